The van der Waals surface area contributed by atoms with E-state index in [4.69, 9.17) is 4.42 Å². The first kappa shape index (κ1) is 12.4. The number of hydrogen-bond donors (Lipinski definition) is 1. The third kappa shape index (κ3) is 1.66. The Morgan fingerprint density at radius 3 is 2.50 bits per heavy atom. The summed E-state index contributed by atoms with van der Waals surface area (Å²) in [6.45, 7) is 0. The van der Waals surface area contributed by atoms with E-state index in [2.05, 4.69) is 4.98 Å². The van der Waals surface area contributed by atoms with Gasteiger partial charge in [0.1, 0.15) is 17.2 Å². The van der Waals surface area contributed by atoms with Gasteiger partial charge >= 0.3 is 0 Å². The van der Waals surface area contributed by atoms with E-state index >= 15 is 0 Å². The lowest BCUT2D eigenvalue weighted by molar-refractivity contribution is 0.669. The Morgan fingerprint density at radius 1 is 1.00 bits per heavy atom. The normalized spacial score (nSPS) is 10.9. The van der Waals surface area contributed by atoms with E-state index in [0.717, 1.165) is 10.9 Å². The van der Waals surface area contributed by atoms with Crippen LogP contribution in [0.4, 0.5) is 0 Å². The van der Waals surface area contributed by atoms with Crippen LogP contribution in [0.2, 0.25) is 0 Å². The number of H-pyrrole nitrogens is 1. The molecular weight excluding hydrogens is 276 g/mol. The number of hydrogen-bond acceptors (Lipinski definition) is 3. The lowest BCUT2D eigenvalue weighted by Gasteiger charge is -2.04. The number of nitriles is 1. The van der Waals surface area contributed by atoms with Crippen LogP contribution in [0.3, 0.4) is 0 Å². The van der Waals surface area contributed by atoms with Crippen molar-refractivity contribution in [3.8, 4) is 17.2 Å². The zero-order valence-corrected chi connectivity index (χ0v) is 11.5. The highest BCUT2D eigenvalue weighted by Crippen LogP contribution is 2.34. The highest BCUT2D eigenvalue weighted by molar-refractivity contribution is 6.08. The molecule has 0 radical (unpaired) electrons. The van der Waals surface area contributed by atoms with Crippen LogP contribution >= 0.6 is 0 Å². The number of benzene rings is 2. The van der Waals surface area contributed by atoms with Crippen LogP contribution in [0.1, 0.15) is 5.56 Å². The van der Waals surface area contributed by atoms with Gasteiger partial charge in [-0.3, -0.25) is 4.79 Å². The van der Waals surface area contributed by atoms with Crippen LogP contribution < -0.4 is 5.56 Å². The molecule has 0 saturated heterocycles. The number of furan rings is 1. The number of fused-ring (bicyclic) bond motifs is 3. The maximum absolute atomic E-state index is 12.3. The number of nitrogens with zero attached hydrogens (tertiary/aromatic N) is 1. The van der Waals surface area contributed by atoms with Gasteiger partial charge in [0.25, 0.3) is 5.56 Å². The van der Waals surface area contributed by atoms with Gasteiger partial charge in [0.2, 0.25) is 0 Å². The first-order valence-corrected chi connectivity index (χ1v) is 6.82. The molecule has 4 aromatic rings. The summed E-state index contributed by atoms with van der Waals surface area (Å²) in [7, 11) is 0. The Hall–Kier alpha value is -3.32. The minimum atomic E-state index is -0.402. The minimum Gasteiger partial charge on any atom is -0.454 e. The lowest BCUT2D eigenvalue weighted by Crippen LogP contribution is -2.11. The van der Waals surface area contributed by atoms with Crippen molar-refractivity contribution in [3.63, 3.8) is 0 Å². The van der Waals surface area contributed by atoms with E-state index < -0.39 is 5.56 Å². The second-order valence-electron chi connectivity index (χ2n) is 4.98. The quantitative estimate of drug-likeness (QED) is 0.578. The summed E-state index contributed by atoms with van der Waals surface area (Å²) in [6, 6.07) is 18.8. The lowest BCUT2D eigenvalue weighted by atomic mass is 10.0. The van der Waals surface area contributed by atoms with Crippen molar-refractivity contribution < 1.29 is 4.42 Å². The number of rotatable bonds is 1. The average molecular weight is 286 g/mol. The molecule has 4 rings (SSSR count). The first-order chi connectivity index (χ1) is 10.8. The molecule has 2 heterocycles. The minimum absolute atomic E-state index is 0.0674. The molecule has 0 aliphatic rings. The Labute approximate surface area is 125 Å². The topological polar surface area (TPSA) is 69.8 Å². The predicted molar refractivity (Wildman–Crippen MR) is 84.5 cm³/mol. The third-order valence-electron chi connectivity index (χ3n) is 3.71. The van der Waals surface area contributed by atoms with Gasteiger partial charge in [0.05, 0.1) is 11.1 Å². The molecule has 0 aliphatic carbocycles. The van der Waals surface area contributed by atoms with Crippen molar-refractivity contribution in [1.82, 2.24) is 4.98 Å². The van der Waals surface area contributed by atoms with Crippen molar-refractivity contribution in [1.29, 1.82) is 5.26 Å². The fraction of sp³-hybridized carbons (Fsp3) is 0. The molecule has 2 aromatic carbocycles. The monoisotopic (exact) mass is 286 g/mol. The number of nitrogens with one attached hydrogen (secondary N) is 1. The molecular formula is C18H10N2O2. The predicted octanol–water partition coefficient (Wildman–Crippen LogP) is 3.81. The molecule has 104 valence electrons. The summed E-state index contributed by atoms with van der Waals surface area (Å²) in [5, 5.41) is 10.2. The Morgan fingerprint density at radius 2 is 1.73 bits per heavy atom. The summed E-state index contributed by atoms with van der Waals surface area (Å²) in [6.07, 6.45) is 0. The maximum Gasteiger partial charge on any atom is 0.267 e. The van der Waals surface area contributed by atoms with E-state index in [0.29, 0.717) is 22.2 Å². The van der Waals surface area contributed by atoms with Gasteiger partial charge in [-0.2, -0.15) is 5.26 Å². The molecule has 0 atom stereocenters. The van der Waals surface area contributed by atoms with E-state index in [1.807, 2.05) is 60.7 Å². The number of para-hydroxylation sites is 1. The SMILES string of the molecule is N#Cc1c(-c2ccccc2)c2oc3ccccc3c2[nH]c1=O. The first-order valence-electron chi connectivity index (χ1n) is 6.82. The molecule has 0 fully saturated rings. The van der Waals surface area contributed by atoms with E-state index in [1.165, 1.54) is 0 Å². The van der Waals surface area contributed by atoms with Gasteiger partial charge in [-0.1, -0.05) is 42.5 Å². The summed E-state index contributed by atoms with van der Waals surface area (Å²) < 4.78 is 5.91. The van der Waals surface area contributed by atoms with Gasteiger partial charge in [-0.25, -0.2) is 0 Å². The van der Waals surface area contributed by atoms with E-state index in [1.54, 1.807) is 0 Å². The van der Waals surface area contributed by atoms with Crippen molar-refractivity contribution in [2.24, 2.45) is 0 Å². The van der Waals surface area contributed by atoms with Gasteiger partial charge < -0.3 is 9.40 Å². The Kier molecular flexibility index (Phi) is 2.60. The van der Waals surface area contributed by atoms with Gasteiger partial charge in [0, 0.05) is 5.39 Å². The molecule has 0 spiro atoms. The number of aromatic amines is 1. The summed E-state index contributed by atoms with van der Waals surface area (Å²) >= 11 is 0. The molecule has 0 amide bonds. The van der Waals surface area contributed by atoms with Crippen LogP contribution in [0.15, 0.2) is 63.8 Å². The molecule has 0 saturated carbocycles. The fourth-order valence-corrected chi connectivity index (χ4v) is 2.74. The Balaban J connectivity index is 2.26. The van der Waals surface area contributed by atoms with Crippen LogP contribution in [0, 0.1) is 11.3 Å². The van der Waals surface area contributed by atoms with Crippen LogP contribution in [0.25, 0.3) is 33.2 Å². The van der Waals surface area contributed by atoms with Crippen molar-refractivity contribution in [3.05, 3.63) is 70.5 Å². The Bertz CT molecular complexity index is 1100. The van der Waals surface area contributed by atoms with Gasteiger partial charge in [0.15, 0.2) is 5.58 Å². The molecule has 0 bridgehead atoms. The largest absolute Gasteiger partial charge is 0.454 e. The molecule has 0 unspecified atom stereocenters. The van der Waals surface area contributed by atoms with Crippen molar-refractivity contribution >= 4 is 22.1 Å². The van der Waals surface area contributed by atoms with Crippen molar-refractivity contribution in [2.75, 3.05) is 0 Å². The highest BCUT2D eigenvalue weighted by atomic mass is 16.3. The molecule has 2 aromatic heterocycles. The summed E-state index contributed by atoms with van der Waals surface area (Å²) in [5.74, 6) is 0. The molecule has 22 heavy (non-hydrogen) atoms. The van der Waals surface area contributed by atoms with E-state index in [-0.39, 0.29) is 5.56 Å². The summed E-state index contributed by atoms with van der Waals surface area (Å²) in [5.41, 5.74) is 2.83. The van der Waals surface area contributed by atoms with Gasteiger partial charge in [-0.15, -0.1) is 0 Å². The second kappa shape index (κ2) is 4.61. The van der Waals surface area contributed by atoms with Crippen molar-refractivity contribution in [2.45, 2.75) is 0 Å². The maximum atomic E-state index is 12.3. The highest BCUT2D eigenvalue weighted by Gasteiger charge is 2.19. The number of pyridine rings is 1. The molecule has 1 N–H and O–H groups in total. The van der Waals surface area contributed by atoms with Crippen LogP contribution in [-0.2, 0) is 0 Å². The molecule has 4 heteroatoms. The standard InChI is InChI=1S/C18H10N2O2/c19-10-13-15(11-6-2-1-3-7-11)17-16(20-18(13)21)12-8-4-5-9-14(12)22-17/h1-9H,(H,20,21). The van der Waals surface area contributed by atoms with Gasteiger partial charge in [-0.05, 0) is 17.7 Å². The van der Waals surface area contributed by atoms with Crippen LogP contribution in [-0.4, -0.2) is 4.98 Å². The zero-order valence-electron chi connectivity index (χ0n) is 11.5. The smallest absolute Gasteiger partial charge is 0.267 e. The van der Waals surface area contributed by atoms with E-state index in [9.17, 15) is 10.1 Å². The number of aromatic nitrogens is 1. The third-order valence-corrected chi connectivity index (χ3v) is 3.71. The average Bonchev–Trinajstić information content (AvgIpc) is 2.92. The zero-order chi connectivity index (χ0) is 15.1. The fourth-order valence-electron chi connectivity index (χ4n) is 2.74. The molecule has 0 aliphatic heterocycles. The summed E-state index contributed by atoms with van der Waals surface area (Å²) in [4.78, 5) is 15.1. The molecule has 4 nitrogen and oxygen atoms in total. The second-order valence-corrected chi connectivity index (χ2v) is 4.98. The van der Waals surface area contributed by atoms with Crippen LogP contribution in [0.5, 0.6) is 0 Å².